The molecule has 0 atom stereocenters. The third kappa shape index (κ3) is 2.06. The Morgan fingerprint density at radius 3 is 1.38 bits per heavy atom. The van der Waals surface area contributed by atoms with Crippen molar-refractivity contribution < 1.29 is 35.1 Å². The first-order valence-corrected chi connectivity index (χ1v) is 4.97. The molecule has 0 amide bonds. The summed E-state index contributed by atoms with van der Waals surface area (Å²) < 4.78 is 105. The normalized spacial score (nSPS) is 11.0. The van der Waals surface area contributed by atoms with Crippen molar-refractivity contribution in [2.24, 2.45) is 0 Å². The fraction of sp³-hybridized carbons (Fsp3) is 0. The summed E-state index contributed by atoms with van der Waals surface area (Å²) in [4.78, 5) is 11.9. The van der Waals surface area contributed by atoms with Crippen LogP contribution < -0.4 is 5.56 Å². The van der Waals surface area contributed by atoms with Crippen LogP contribution in [0.15, 0.2) is 4.79 Å². The molecule has 0 aliphatic carbocycles. The highest BCUT2D eigenvalue weighted by molar-refractivity contribution is 5.66. The average molecular weight is 315 g/mol. The van der Waals surface area contributed by atoms with Gasteiger partial charge in [0.2, 0.25) is 11.8 Å². The number of H-pyrrole nitrogens is 1. The molecule has 1 heterocycles. The van der Waals surface area contributed by atoms with Crippen LogP contribution in [0, 0.1) is 46.7 Å². The van der Waals surface area contributed by atoms with Crippen LogP contribution in [0.1, 0.15) is 0 Å². The molecule has 1 aromatic heterocycles. The lowest BCUT2D eigenvalue weighted by molar-refractivity contribution is 0.379. The molecule has 2 aromatic rings. The van der Waals surface area contributed by atoms with Crippen LogP contribution >= 0.6 is 0 Å². The fourth-order valence-electron chi connectivity index (χ4n) is 1.57. The van der Waals surface area contributed by atoms with Crippen LogP contribution in [-0.4, -0.2) is 4.98 Å². The van der Waals surface area contributed by atoms with Crippen molar-refractivity contribution in [3.63, 3.8) is 0 Å². The number of rotatable bonds is 1. The van der Waals surface area contributed by atoms with Gasteiger partial charge < -0.3 is 0 Å². The van der Waals surface area contributed by atoms with Gasteiger partial charge in [-0.25, -0.2) is 30.7 Å². The van der Waals surface area contributed by atoms with E-state index in [4.69, 9.17) is 0 Å². The highest BCUT2D eigenvalue weighted by Gasteiger charge is 2.32. The van der Waals surface area contributed by atoms with Gasteiger partial charge in [-0.3, -0.25) is 9.78 Å². The van der Waals surface area contributed by atoms with E-state index in [1.54, 1.807) is 0 Å². The topological polar surface area (TPSA) is 32.9 Å². The van der Waals surface area contributed by atoms with E-state index in [1.165, 1.54) is 0 Å². The van der Waals surface area contributed by atoms with Crippen molar-refractivity contribution in [3.05, 3.63) is 57.0 Å². The lowest BCUT2D eigenvalue weighted by atomic mass is 10.0. The number of benzene rings is 1. The summed E-state index contributed by atoms with van der Waals surface area (Å²) in [6.45, 7) is 0. The van der Waals surface area contributed by atoms with Crippen molar-refractivity contribution in [1.29, 1.82) is 0 Å². The zero-order valence-corrected chi connectivity index (χ0v) is 9.43. The first kappa shape index (κ1) is 15.0. The summed E-state index contributed by atoms with van der Waals surface area (Å²) in [5.41, 5.74) is -6.01. The minimum Gasteiger partial charge on any atom is -0.294 e. The summed E-state index contributed by atoms with van der Waals surface area (Å²) in [7, 11) is 0. The Labute approximate surface area is 109 Å². The van der Waals surface area contributed by atoms with Crippen LogP contribution in [0.5, 0.6) is 0 Å². The van der Waals surface area contributed by atoms with Crippen LogP contribution in [0.2, 0.25) is 0 Å². The minimum absolute atomic E-state index is 1.02. The molecule has 21 heavy (non-hydrogen) atoms. The number of hydrogen-bond acceptors (Lipinski definition) is 1. The molecule has 0 aliphatic rings. The van der Waals surface area contributed by atoms with Gasteiger partial charge in [-0.1, -0.05) is 0 Å². The van der Waals surface area contributed by atoms with Crippen molar-refractivity contribution in [3.8, 4) is 11.1 Å². The second-order valence-electron chi connectivity index (χ2n) is 3.72. The van der Waals surface area contributed by atoms with E-state index in [2.05, 4.69) is 0 Å². The van der Waals surface area contributed by atoms with Crippen LogP contribution in [0.25, 0.3) is 11.1 Å². The maximum atomic E-state index is 13.4. The first-order chi connectivity index (χ1) is 9.68. The molecule has 0 radical (unpaired) electrons. The summed E-state index contributed by atoms with van der Waals surface area (Å²) >= 11 is 0. The van der Waals surface area contributed by atoms with Gasteiger partial charge in [-0.15, -0.1) is 0 Å². The van der Waals surface area contributed by atoms with E-state index < -0.39 is 63.4 Å². The quantitative estimate of drug-likeness (QED) is 0.373. The fourth-order valence-corrected chi connectivity index (χ4v) is 1.57. The second kappa shape index (κ2) is 4.86. The number of nitrogens with one attached hydrogen (secondary N) is 1. The zero-order chi connectivity index (χ0) is 16.1. The lowest BCUT2D eigenvalue weighted by Gasteiger charge is -2.10. The second-order valence-corrected chi connectivity index (χ2v) is 3.72. The Kier molecular flexibility index (Phi) is 3.47. The molecule has 0 unspecified atom stereocenters. The van der Waals surface area contributed by atoms with E-state index in [0.29, 0.717) is 0 Å². The Morgan fingerprint density at radius 2 is 0.905 bits per heavy atom. The first-order valence-electron chi connectivity index (χ1n) is 4.97. The molecule has 0 saturated carbocycles. The third-order valence-corrected chi connectivity index (χ3v) is 2.51. The van der Waals surface area contributed by atoms with Gasteiger partial charge in [-0.2, -0.15) is 4.39 Å². The number of pyridine rings is 1. The summed E-state index contributed by atoms with van der Waals surface area (Å²) in [5.74, 6) is -19.4. The Bertz CT molecular complexity index is 784. The van der Waals surface area contributed by atoms with E-state index in [9.17, 15) is 39.9 Å². The maximum Gasteiger partial charge on any atom is 0.286 e. The zero-order valence-electron chi connectivity index (χ0n) is 9.43. The Morgan fingerprint density at radius 1 is 0.524 bits per heavy atom. The molecule has 112 valence electrons. The molecule has 10 heteroatoms. The van der Waals surface area contributed by atoms with Crippen LogP contribution in [0.4, 0.5) is 35.1 Å². The van der Waals surface area contributed by atoms with E-state index >= 15 is 0 Å². The molecule has 0 aliphatic heterocycles. The van der Waals surface area contributed by atoms with Gasteiger partial charge in [-0.05, 0) is 0 Å². The lowest BCUT2D eigenvalue weighted by Crippen LogP contribution is -2.18. The monoisotopic (exact) mass is 315 g/mol. The van der Waals surface area contributed by atoms with Gasteiger partial charge in [0, 0.05) is 0 Å². The molecule has 0 spiro atoms. The standard InChI is InChI=1S/C11HF8NO/c12-3-1(4(13)8(17)9(18)7(3)16)2-5(14)10(19)20-11(21)6(2)15/h(H,20,21). The number of aromatic nitrogens is 1. The number of hydrogen-bond donors (Lipinski definition) is 1. The molecule has 2 nitrogen and oxygen atoms in total. The summed E-state index contributed by atoms with van der Waals surface area (Å²) in [5, 5.41) is 0. The molecule has 1 N–H and O–H groups in total. The minimum atomic E-state index is -2.58. The van der Waals surface area contributed by atoms with Gasteiger partial charge >= 0.3 is 0 Å². The van der Waals surface area contributed by atoms with Crippen molar-refractivity contribution in [1.82, 2.24) is 4.98 Å². The SMILES string of the molecule is O=c1[nH]c(F)c(F)c(-c2c(F)c(F)c(F)c(F)c2F)c1F. The highest BCUT2D eigenvalue weighted by Crippen LogP contribution is 2.34. The van der Waals surface area contributed by atoms with Gasteiger partial charge in [0.15, 0.2) is 34.9 Å². The molecule has 2 rings (SSSR count). The van der Waals surface area contributed by atoms with E-state index in [1.807, 2.05) is 0 Å². The third-order valence-electron chi connectivity index (χ3n) is 2.51. The van der Waals surface area contributed by atoms with Crippen molar-refractivity contribution in [2.75, 3.05) is 0 Å². The highest BCUT2D eigenvalue weighted by atomic mass is 19.2. The molecular weight excluding hydrogens is 314 g/mol. The molecular formula is C11HF8NO. The van der Waals surface area contributed by atoms with Crippen molar-refractivity contribution >= 4 is 0 Å². The van der Waals surface area contributed by atoms with Crippen LogP contribution in [0.3, 0.4) is 0 Å². The van der Waals surface area contributed by atoms with E-state index in [-0.39, 0.29) is 0 Å². The van der Waals surface area contributed by atoms with Gasteiger partial charge in [0.05, 0.1) is 11.1 Å². The summed E-state index contributed by atoms with van der Waals surface area (Å²) in [6.07, 6.45) is 0. The maximum absolute atomic E-state index is 13.4. The van der Waals surface area contributed by atoms with Crippen LogP contribution in [-0.2, 0) is 0 Å². The molecule has 0 saturated heterocycles. The number of aromatic amines is 1. The summed E-state index contributed by atoms with van der Waals surface area (Å²) in [6, 6.07) is 0. The number of halogens is 8. The Balaban J connectivity index is 3.03. The predicted octanol–water partition coefficient (Wildman–Crippen LogP) is 3.15. The smallest absolute Gasteiger partial charge is 0.286 e. The predicted molar refractivity (Wildman–Crippen MR) is 52.2 cm³/mol. The van der Waals surface area contributed by atoms with Gasteiger partial charge in [0.25, 0.3) is 5.56 Å². The van der Waals surface area contributed by atoms with Crippen molar-refractivity contribution in [2.45, 2.75) is 0 Å². The van der Waals surface area contributed by atoms with E-state index in [0.717, 1.165) is 4.98 Å². The van der Waals surface area contributed by atoms with Gasteiger partial charge in [0.1, 0.15) is 0 Å². The molecule has 0 fully saturated rings. The molecule has 1 aromatic carbocycles. The molecule has 0 bridgehead atoms. The largest absolute Gasteiger partial charge is 0.294 e. The Hall–Kier alpha value is -2.39. The average Bonchev–Trinajstić information content (AvgIpc) is 2.44.